The molecule has 1 fully saturated rings. The van der Waals surface area contributed by atoms with Gasteiger partial charge in [-0.25, -0.2) is 0 Å². The van der Waals surface area contributed by atoms with Gasteiger partial charge in [-0.05, 0) is 46.2 Å². The van der Waals surface area contributed by atoms with Gasteiger partial charge in [-0.1, -0.05) is 11.3 Å². The number of aromatic nitrogens is 4. The summed E-state index contributed by atoms with van der Waals surface area (Å²) in [5.74, 6) is 0. The van der Waals surface area contributed by atoms with E-state index in [-0.39, 0.29) is 0 Å². The van der Waals surface area contributed by atoms with Crippen molar-refractivity contribution >= 4 is 11.3 Å². The summed E-state index contributed by atoms with van der Waals surface area (Å²) in [4.78, 5) is 2.49. The van der Waals surface area contributed by atoms with Gasteiger partial charge in [-0.3, -0.25) is 9.58 Å². The van der Waals surface area contributed by atoms with Gasteiger partial charge in [0, 0.05) is 11.7 Å². The Morgan fingerprint density at radius 1 is 1.36 bits per heavy atom. The molecular weight excluding hydrogens is 298 g/mol. The molecule has 0 saturated carbocycles. The predicted octanol–water partition coefficient (Wildman–Crippen LogP) is 2.41. The van der Waals surface area contributed by atoms with E-state index in [1.54, 1.807) is 11.3 Å². The van der Waals surface area contributed by atoms with Crippen molar-refractivity contribution in [3.63, 3.8) is 0 Å². The first-order valence-corrected chi connectivity index (χ1v) is 8.67. The fraction of sp³-hybridized carbons (Fsp3) is 0.667. The van der Waals surface area contributed by atoms with Gasteiger partial charge in [-0.15, -0.1) is 10.2 Å². The summed E-state index contributed by atoms with van der Waals surface area (Å²) < 4.78 is 7.53. The van der Waals surface area contributed by atoms with Gasteiger partial charge in [-0.2, -0.15) is 5.10 Å². The quantitative estimate of drug-likeness (QED) is 0.818. The minimum absolute atomic E-state index is 0.525. The molecule has 0 unspecified atom stereocenters. The highest BCUT2D eigenvalue weighted by Gasteiger charge is 2.26. The largest absolute Gasteiger partial charge is 0.469 e. The molecule has 1 aliphatic rings. The van der Waals surface area contributed by atoms with Crippen LogP contribution in [0.4, 0.5) is 0 Å². The predicted molar refractivity (Wildman–Crippen MR) is 86.2 cm³/mol. The number of ether oxygens (including phenoxy) is 1. The van der Waals surface area contributed by atoms with Crippen molar-refractivity contribution in [2.24, 2.45) is 0 Å². The Labute approximate surface area is 135 Å². The van der Waals surface area contributed by atoms with E-state index in [1.165, 1.54) is 18.5 Å². The van der Waals surface area contributed by atoms with Gasteiger partial charge in [0.15, 0.2) is 0 Å². The molecule has 1 atom stereocenters. The SMILES string of the molecule is CCOc1nnc(CN2CCC[C@H]2Cn2nc(C)cc2C)s1. The van der Waals surface area contributed by atoms with Gasteiger partial charge in [0.05, 0.1) is 25.4 Å². The van der Waals surface area contributed by atoms with Crippen LogP contribution >= 0.6 is 11.3 Å². The van der Waals surface area contributed by atoms with Crippen molar-refractivity contribution in [1.29, 1.82) is 0 Å². The second-order valence-corrected chi connectivity index (χ2v) is 6.80. The molecule has 120 valence electrons. The summed E-state index contributed by atoms with van der Waals surface area (Å²) in [7, 11) is 0. The summed E-state index contributed by atoms with van der Waals surface area (Å²) in [6.07, 6.45) is 2.45. The first-order chi connectivity index (χ1) is 10.7. The molecular formula is C15H23N5OS. The highest BCUT2D eigenvalue weighted by Crippen LogP contribution is 2.25. The Kier molecular flexibility index (Phi) is 4.73. The zero-order chi connectivity index (χ0) is 15.5. The van der Waals surface area contributed by atoms with Gasteiger partial charge < -0.3 is 4.74 Å². The van der Waals surface area contributed by atoms with Crippen LogP contribution in [-0.4, -0.2) is 44.1 Å². The third kappa shape index (κ3) is 3.47. The minimum Gasteiger partial charge on any atom is -0.469 e. The second-order valence-electron chi connectivity index (χ2n) is 5.77. The Bertz CT molecular complexity index is 623. The lowest BCUT2D eigenvalue weighted by Crippen LogP contribution is -2.33. The van der Waals surface area contributed by atoms with Crippen LogP contribution < -0.4 is 4.74 Å². The lowest BCUT2D eigenvalue weighted by atomic mass is 10.2. The molecule has 3 heterocycles. The fourth-order valence-electron chi connectivity index (χ4n) is 3.03. The molecule has 0 radical (unpaired) electrons. The first-order valence-electron chi connectivity index (χ1n) is 7.86. The summed E-state index contributed by atoms with van der Waals surface area (Å²) in [6, 6.07) is 2.66. The third-order valence-electron chi connectivity index (χ3n) is 4.04. The van der Waals surface area contributed by atoms with Crippen LogP contribution in [0.15, 0.2) is 6.07 Å². The van der Waals surface area contributed by atoms with Gasteiger partial charge in [0.25, 0.3) is 5.19 Å². The molecule has 1 aliphatic heterocycles. The number of hydrogen-bond donors (Lipinski definition) is 0. The van der Waals surface area contributed by atoms with E-state index in [1.807, 2.05) is 13.8 Å². The molecule has 6 nitrogen and oxygen atoms in total. The average Bonchev–Trinajstić information content (AvgIpc) is 3.16. The number of nitrogens with zero attached hydrogens (tertiary/aromatic N) is 5. The Hall–Kier alpha value is -1.47. The Balaban J connectivity index is 1.63. The smallest absolute Gasteiger partial charge is 0.294 e. The van der Waals surface area contributed by atoms with Crippen LogP contribution in [0.5, 0.6) is 5.19 Å². The molecule has 0 bridgehead atoms. The molecule has 0 N–H and O–H groups in total. The van der Waals surface area contributed by atoms with E-state index in [2.05, 4.69) is 37.9 Å². The molecule has 3 rings (SSSR count). The number of hydrogen-bond acceptors (Lipinski definition) is 6. The zero-order valence-electron chi connectivity index (χ0n) is 13.4. The molecule has 22 heavy (non-hydrogen) atoms. The van der Waals surface area contributed by atoms with E-state index in [0.29, 0.717) is 17.8 Å². The standard InChI is InChI=1S/C15H23N5OS/c1-4-21-15-17-16-14(22-15)10-19-7-5-6-13(19)9-20-12(3)8-11(2)18-20/h8,13H,4-7,9-10H2,1-3H3/t13-/m0/s1. The van der Waals surface area contributed by atoms with Gasteiger partial charge in [0.1, 0.15) is 5.01 Å². The molecule has 2 aromatic heterocycles. The Morgan fingerprint density at radius 3 is 2.95 bits per heavy atom. The molecule has 7 heteroatoms. The maximum atomic E-state index is 5.40. The van der Waals surface area contributed by atoms with E-state index in [9.17, 15) is 0 Å². The topological polar surface area (TPSA) is 56.1 Å². The molecule has 0 amide bonds. The van der Waals surface area contributed by atoms with E-state index >= 15 is 0 Å². The highest BCUT2D eigenvalue weighted by molar-refractivity contribution is 7.13. The maximum Gasteiger partial charge on any atom is 0.294 e. The van der Waals surface area contributed by atoms with Crippen molar-refractivity contribution in [3.05, 3.63) is 22.5 Å². The summed E-state index contributed by atoms with van der Waals surface area (Å²) >= 11 is 1.55. The van der Waals surface area contributed by atoms with Crippen LogP contribution in [0, 0.1) is 13.8 Å². The average molecular weight is 321 g/mol. The van der Waals surface area contributed by atoms with Crippen LogP contribution in [0.1, 0.15) is 36.2 Å². The second kappa shape index (κ2) is 6.75. The summed E-state index contributed by atoms with van der Waals surface area (Å²) in [5.41, 5.74) is 2.33. The normalized spacial score (nSPS) is 19.0. The minimum atomic E-state index is 0.525. The molecule has 0 aromatic carbocycles. The molecule has 0 aliphatic carbocycles. The number of aryl methyl sites for hydroxylation is 2. The van der Waals surface area contributed by atoms with Crippen molar-refractivity contribution in [1.82, 2.24) is 24.9 Å². The van der Waals surface area contributed by atoms with Crippen LogP contribution in [-0.2, 0) is 13.1 Å². The zero-order valence-corrected chi connectivity index (χ0v) is 14.3. The molecule has 1 saturated heterocycles. The van der Waals surface area contributed by atoms with Crippen molar-refractivity contribution in [3.8, 4) is 5.19 Å². The van der Waals surface area contributed by atoms with Crippen LogP contribution in [0.2, 0.25) is 0 Å². The van der Waals surface area contributed by atoms with Gasteiger partial charge >= 0.3 is 0 Å². The third-order valence-corrected chi connectivity index (χ3v) is 4.86. The van der Waals surface area contributed by atoms with E-state index in [4.69, 9.17) is 4.74 Å². The molecule has 0 spiro atoms. The lowest BCUT2D eigenvalue weighted by Gasteiger charge is -2.23. The van der Waals surface area contributed by atoms with Gasteiger partial charge in [0.2, 0.25) is 0 Å². The van der Waals surface area contributed by atoms with Crippen molar-refractivity contribution < 1.29 is 4.74 Å². The summed E-state index contributed by atoms with van der Waals surface area (Å²) in [5, 5.41) is 14.6. The lowest BCUT2D eigenvalue weighted by molar-refractivity contribution is 0.217. The van der Waals surface area contributed by atoms with Crippen molar-refractivity contribution in [2.75, 3.05) is 13.2 Å². The highest BCUT2D eigenvalue weighted by atomic mass is 32.1. The fourth-order valence-corrected chi connectivity index (χ4v) is 3.80. The number of rotatable bonds is 6. The maximum absolute atomic E-state index is 5.40. The van der Waals surface area contributed by atoms with Crippen LogP contribution in [0.3, 0.4) is 0 Å². The van der Waals surface area contributed by atoms with Crippen molar-refractivity contribution in [2.45, 2.75) is 52.7 Å². The van der Waals surface area contributed by atoms with E-state index < -0.39 is 0 Å². The Morgan fingerprint density at radius 2 is 2.23 bits per heavy atom. The van der Waals surface area contributed by atoms with Crippen LogP contribution in [0.25, 0.3) is 0 Å². The molecule has 2 aromatic rings. The number of likely N-dealkylation sites (tertiary alicyclic amines) is 1. The summed E-state index contributed by atoms with van der Waals surface area (Å²) in [6.45, 7) is 9.70. The first kappa shape index (κ1) is 15.4. The van der Waals surface area contributed by atoms with E-state index in [0.717, 1.165) is 30.3 Å². The monoisotopic (exact) mass is 321 g/mol.